The van der Waals surface area contributed by atoms with E-state index < -0.39 is 60.4 Å². The first kappa shape index (κ1) is 28.1. The molecular weight excluding hydrogens is 559 g/mol. The number of benzene rings is 2. The minimum absolute atomic E-state index is 0.00101. The third-order valence-electron chi connectivity index (χ3n) is 7.09. The monoisotopic (exact) mass is 581 g/mol. The van der Waals surface area contributed by atoms with Crippen LogP contribution < -0.4 is 15.1 Å². The fraction of sp³-hybridized carbons (Fsp3) is 0.276. The molecule has 1 saturated heterocycles. The third kappa shape index (κ3) is 5.74. The zero-order valence-corrected chi connectivity index (χ0v) is 22.2. The van der Waals surface area contributed by atoms with Crippen LogP contribution in [0.2, 0.25) is 5.02 Å². The summed E-state index contributed by atoms with van der Waals surface area (Å²) in [5, 5.41) is 11.8. The number of aromatic nitrogens is 1. The second-order valence-corrected chi connectivity index (χ2v) is 10.3. The van der Waals surface area contributed by atoms with E-state index in [4.69, 9.17) is 16.9 Å². The van der Waals surface area contributed by atoms with Gasteiger partial charge < -0.3 is 5.32 Å². The lowest BCUT2D eigenvalue weighted by atomic mass is 9.87. The topological polar surface area (TPSA) is 106 Å². The molecule has 8 nitrogen and oxygen atoms in total. The molecule has 2 heterocycles. The van der Waals surface area contributed by atoms with Crippen LogP contribution in [0.25, 0.3) is 0 Å². The normalized spacial score (nSPS) is 18.8. The van der Waals surface area contributed by atoms with E-state index in [1.54, 1.807) is 12.1 Å². The number of alkyl halides is 2. The number of hydrogen-bond donors (Lipinski definition) is 1. The van der Waals surface area contributed by atoms with Gasteiger partial charge in [0.1, 0.15) is 29.8 Å². The van der Waals surface area contributed by atoms with E-state index >= 15 is 0 Å². The summed E-state index contributed by atoms with van der Waals surface area (Å²) in [5.41, 5.74) is 0.436. The van der Waals surface area contributed by atoms with Gasteiger partial charge in [0.15, 0.2) is 0 Å². The van der Waals surface area contributed by atoms with Gasteiger partial charge in [0.05, 0.1) is 5.56 Å². The highest BCUT2D eigenvalue weighted by atomic mass is 35.5. The van der Waals surface area contributed by atoms with Gasteiger partial charge in [0, 0.05) is 47.8 Å². The molecule has 41 heavy (non-hydrogen) atoms. The minimum atomic E-state index is -2.91. The number of nitriles is 1. The van der Waals surface area contributed by atoms with E-state index in [1.807, 2.05) is 6.07 Å². The van der Waals surface area contributed by atoms with Gasteiger partial charge in [-0.25, -0.2) is 18.2 Å². The first-order valence-corrected chi connectivity index (χ1v) is 13.2. The molecule has 0 radical (unpaired) electrons. The largest absolute Gasteiger partial charge is 0.351 e. The molecule has 3 aromatic rings. The highest BCUT2D eigenvalue weighted by molar-refractivity contribution is 6.31. The van der Waals surface area contributed by atoms with Crippen molar-refractivity contribution in [1.29, 1.82) is 5.26 Å². The standard InChI is InChI=1S/C29H23ClF3N5O3/c30-22-7-2-1-6-21(22)26(27(40)36-19-13-29(32,33)14-19)37(20-5-3-4-18(31)12-20)28(41)23-9-11-25(39)38(23)24-10-8-17(15-34)16-35-24/h1-8,10,12,16,19,23,26H,9,11,13-14H2,(H,36,40). The van der Waals surface area contributed by atoms with Crippen molar-refractivity contribution in [2.24, 2.45) is 0 Å². The van der Waals surface area contributed by atoms with E-state index in [0.29, 0.717) is 0 Å². The Labute approximate surface area is 238 Å². The molecule has 0 bridgehead atoms. The highest BCUT2D eigenvalue weighted by Crippen LogP contribution is 2.39. The van der Waals surface area contributed by atoms with Crippen molar-refractivity contribution in [3.05, 3.63) is 88.8 Å². The molecule has 1 aliphatic heterocycles. The Morgan fingerprint density at radius 3 is 2.54 bits per heavy atom. The summed E-state index contributed by atoms with van der Waals surface area (Å²) in [6, 6.07) is 12.6. The van der Waals surface area contributed by atoms with Crippen molar-refractivity contribution in [2.45, 2.75) is 49.7 Å². The SMILES string of the molecule is N#Cc1ccc(N2C(=O)CCC2C(=O)N(c2cccc(F)c2)C(C(=O)NC2CC(F)(F)C2)c2ccccc2Cl)nc1. The van der Waals surface area contributed by atoms with Gasteiger partial charge in [-0.15, -0.1) is 0 Å². The van der Waals surface area contributed by atoms with Crippen LogP contribution in [-0.2, 0) is 14.4 Å². The van der Waals surface area contributed by atoms with Crippen LogP contribution in [0.3, 0.4) is 0 Å². The number of hydrogen-bond acceptors (Lipinski definition) is 5. The summed E-state index contributed by atoms with van der Waals surface area (Å²) >= 11 is 6.48. The van der Waals surface area contributed by atoms with Crippen molar-refractivity contribution in [3.63, 3.8) is 0 Å². The molecule has 1 N–H and O–H groups in total. The summed E-state index contributed by atoms with van der Waals surface area (Å²) in [5.74, 6) is -5.40. The van der Waals surface area contributed by atoms with Gasteiger partial charge in [-0.3, -0.25) is 24.2 Å². The first-order valence-electron chi connectivity index (χ1n) is 12.8. The molecule has 3 amide bonds. The summed E-state index contributed by atoms with van der Waals surface area (Å²) in [6.45, 7) is 0. The van der Waals surface area contributed by atoms with Crippen molar-refractivity contribution in [2.75, 3.05) is 9.80 Å². The van der Waals surface area contributed by atoms with E-state index in [9.17, 15) is 27.6 Å². The number of nitrogens with one attached hydrogen (secondary N) is 1. The second-order valence-electron chi connectivity index (χ2n) is 9.92. The zero-order chi connectivity index (χ0) is 29.3. The maximum Gasteiger partial charge on any atom is 0.252 e. The van der Waals surface area contributed by atoms with E-state index in [0.717, 1.165) is 11.0 Å². The summed E-state index contributed by atoms with van der Waals surface area (Å²) < 4.78 is 41.7. The van der Waals surface area contributed by atoms with Crippen LogP contribution in [0.5, 0.6) is 0 Å². The lowest BCUT2D eigenvalue weighted by molar-refractivity contribution is -0.133. The number of carbonyl (C=O) groups excluding carboxylic acids is 3. The summed E-state index contributed by atoms with van der Waals surface area (Å²) in [6.07, 6.45) is 0.210. The number of halogens is 4. The molecule has 2 aliphatic rings. The third-order valence-corrected chi connectivity index (χ3v) is 7.43. The number of amides is 3. The Balaban J connectivity index is 1.59. The van der Waals surface area contributed by atoms with Crippen LogP contribution in [0, 0.1) is 17.1 Å². The van der Waals surface area contributed by atoms with E-state index in [2.05, 4.69) is 10.3 Å². The maximum atomic E-state index is 14.5. The average molecular weight is 582 g/mol. The zero-order valence-electron chi connectivity index (χ0n) is 21.4. The molecule has 2 aromatic carbocycles. The fourth-order valence-electron chi connectivity index (χ4n) is 5.13. The molecule has 210 valence electrons. The van der Waals surface area contributed by atoms with Gasteiger partial charge in [-0.05, 0) is 42.8 Å². The Morgan fingerprint density at radius 1 is 1.15 bits per heavy atom. The molecule has 1 saturated carbocycles. The van der Waals surface area contributed by atoms with Crippen LogP contribution in [0.1, 0.15) is 42.9 Å². The van der Waals surface area contributed by atoms with Crippen LogP contribution in [0.15, 0.2) is 66.9 Å². The molecule has 5 rings (SSSR count). The van der Waals surface area contributed by atoms with Gasteiger partial charge in [-0.2, -0.15) is 5.26 Å². The minimum Gasteiger partial charge on any atom is -0.351 e. The molecule has 2 unspecified atom stereocenters. The van der Waals surface area contributed by atoms with Crippen LogP contribution in [-0.4, -0.2) is 40.7 Å². The Bertz CT molecular complexity index is 1540. The molecule has 1 aliphatic carbocycles. The summed E-state index contributed by atoms with van der Waals surface area (Å²) in [7, 11) is 0. The Hall–Kier alpha value is -4.43. The molecule has 2 fully saturated rings. The Kier molecular flexibility index (Phi) is 7.69. The number of rotatable bonds is 7. The van der Waals surface area contributed by atoms with Gasteiger partial charge in [-0.1, -0.05) is 35.9 Å². The average Bonchev–Trinajstić information content (AvgIpc) is 3.32. The molecular formula is C29H23ClF3N5O3. The van der Waals surface area contributed by atoms with Crippen molar-refractivity contribution in [1.82, 2.24) is 10.3 Å². The van der Waals surface area contributed by atoms with Crippen molar-refractivity contribution in [3.8, 4) is 6.07 Å². The maximum absolute atomic E-state index is 14.5. The molecule has 1 aromatic heterocycles. The predicted octanol–water partition coefficient (Wildman–Crippen LogP) is 4.93. The second kappa shape index (κ2) is 11.2. The molecule has 0 spiro atoms. The lowest BCUT2D eigenvalue weighted by Gasteiger charge is -2.39. The number of pyridine rings is 1. The first-order chi connectivity index (χ1) is 19.6. The molecule has 2 atom stereocenters. The van der Waals surface area contributed by atoms with Gasteiger partial charge >= 0.3 is 0 Å². The van der Waals surface area contributed by atoms with Crippen molar-refractivity contribution >= 4 is 40.8 Å². The van der Waals surface area contributed by atoms with Crippen molar-refractivity contribution < 1.29 is 27.6 Å². The summed E-state index contributed by atoms with van der Waals surface area (Å²) in [4.78, 5) is 47.5. The molecule has 12 heteroatoms. The van der Waals surface area contributed by atoms with Crippen LogP contribution >= 0.6 is 11.6 Å². The fourth-order valence-corrected chi connectivity index (χ4v) is 5.37. The lowest BCUT2D eigenvalue weighted by Crippen LogP contribution is -2.56. The van der Waals surface area contributed by atoms with E-state index in [-0.39, 0.29) is 40.5 Å². The van der Waals surface area contributed by atoms with Crippen LogP contribution in [0.4, 0.5) is 24.7 Å². The van der Waals surface area contributed by atoms with E-state index in [1.165, 1.54) is 53.6 Å². The highest BCUT2D eigenvalue weighted by Gasteiger charge is 2.48. The van der Waals surface area contributed by atoms with Gasteiger partial charge in [0.2, 0.25) is 11.8 Å². The van der Waals surface area contributed by atoms with Gasteiger partial charge in [0.25, 0.3) is 11.8 Å². The quantitative estimate of drug-likeness (QED) is 0.426. The Morgan fingerprint density at radius 2 is 1.90 bits per heavy atom. The number of carbonyl (C=O) groups is 3. The number of nitrogens with zero attached hydrogens (tertiary/aromatic N) is 4. The predicted molar refractivity (Wildman–Crippen MR) is 144 cm³/mol. The number of anilines is 2. The smallest absolute Gasteiger partial charge is 0.252 e.